The van der Waals surface area contributed by atoms with E-state index in [0.29, 0.717) is 0 Å². The van der Waals surface area contributed by atoms with Gasteiger partial charge >= 0.3 is 0 Å². The standard InChI is InChI=1S/C15H28N2/c1-12-5-7-13(8-6-12)16-14-9-11-17-10-3-2-4-15(14)17/h12-16H,2-11H2,1H3. The van der Waals surface area contributed by atoms with Gasteiger partial charge in [-0.2, -0.15) is 0 Å². The van der Waals surface area contributed by atoms with Crippen LogP contribution in [0.2, 0.25) is 0 Å². The lowest BCUT2D eigenvalue weighted by Gasteiger charge is -2.36. The normalized spacial score (nSPS) is 43.6. The fraction of sp³-hybridized carbons (Fsp3) is 1.00. The van der Waals surface area contributed by atoms with Crippen LogP contribution < -0.4 is 5.32 Å². The van der Waals surface area contributed by atoms with Gasteiger partial charge in [-0.1, -0.05) is 13.3 Å². The summed E-state index contributed by atoms with van der Waals surface area (Å²) >= 11 is 0. The predicted octanol–water partition coefficient (Wildman–Crippen LogP) is 2.78. The molecule has 2 unspecified atom stereocenters. The van der Waals surface area contributed by atoms with Crippen LogP contribution in [0.3, 0.4) is 0 Å². The molecule has 0 aromatic carbocycles. The summed E-state index contributed by atoms with van der Waals surface area (Å²) in [6.45, 7) is 5.13. The number of piperidine rings is 1. The molecule has 0 radical (unpaired) electrons. The van der Waals surface area contributed by atoms with Crippen molar-refractivity contribution in [2.75, 3.05) is 13.1 Å². The third-order valence-electron chi connectivity index (χ3n) is 5.32. The lowest BCUT2D eigenvalue weighted by molar-refractivity contribution is 0.170. The highest BCUT2D eigenvalue weighted by molar-refractivity contribution is 4.95. The number of fused-ring (bicyclic) bond motifs is 1. The van der Waals surface area contributed by atoms with Crippen LogP contribution in [0.15, 0.2) is 0 Å². The van der Waals surface area contributed by atoms with Crippen molar-refractivity contribution in [3.8, 4) is 0 Å². The van der Waals surface area contributed by atoms with E-state index in [0.717, 1.165) is 24.0 Å². The van der Waals surface area contributed by atoms with Crippen LogP contribution >= 0.6 is 0 Å². The molecule has 2 heterocycles. The molecule has 0 aromatic rings. The van der Waals surface area contributed by atoms with E-state index in [1.165, 1.54) is 64.5 Å². The summed E-state index contributed by atoms with van der Waals surface area (Å²) in [5.74, 6) is 0.975. The van der Waals surface area contributed by atoms with Crippen LogP contribution in [0, 0.1) is 5.92 Å². The first-order valence-corrected chi connectivity index (χ1v) is 7.83. The molecular formula is C15H28N2. The minimum Gasteiger partial charge on any atom is -0.310 e. The van der Waals surface area contributed by atoms with Crippen LogP contribution in [0.4, 0.5) is 0 Å². The number of rotatable bonds is 2. The van der Waals surface area contributed by atoms with Crippen molar-refractivity contribution in [3.05, 3.63) is 0 Å². The van der Waals surface area contributed by atoms with E-state index >= 15 is 0 Å². The Hall–Kier alpha value is -0.0800. The summed E-state index contributed by atoms with van der Waals surface area (Å²) in [6.07, 6.45) is 11.5. The van der Waals surface area contributed by atoms with Crippen molar-refractivity contribution >= 4 is 0 Å². The molecule has 3 fully saturated rings. The summed E-state index contributed by atoms with van der Waals surface area (Å²) < 4.78 is 0. The first-order valence-electron chi connectivity index (χ1n) is 7.83. The smallest absolute Gasteiger partial charge is 0.0249 e. The second-order valence-corrected chi connectivity index (χ2v) is 6.62. The van der Waals surface area contributed by atoms with Gasteiger partial charge < -0.3 is 5.32 Å². The molecule has 2 atom stereocenters. The zero-order chi connectivity index (χ0) is 11.7. The number of hydrogen-bond donors (Lipinski definition) is 1. The highest BCUT2D eigenvalue weighted by Gasteiger charge is 2.36. The van der Waals surface area contributed by atoms with Gasteiger partial charge in [-0.05, 0) is 57.4 Å². The topological polar surface area (TPSA) is 15.3 Å². The van der Waals surface area contributed by atoms with Gasteiger partial charge in [0.1, 0.15) is 0 Å². The minimum atomic E-state index is 0.814. The summed E-state index contributed by atoms with van der Waals surface area (Å²) in [4.78, 5) is 2.74. The molecule has 0 aromatic heterocycles. The van der Waals surface area contributed by atoms with Crippen LogP contribution in [-0.2, 0) is 0 Å². The molecule has 2 heteroatoms. The minimum absolute atomic E-state index is 0.814. The van der Waals surface area contributed by atoms with Crippen molar-refractivity contribution in [1.82, 2.24) is 10.2 Å². The Kier molecular flexibility index (Phi) is 3.72. The summed E-state index contributed by atoms with van der Waals surface area (Å²) in [5, 5.41) is 4.00. The third kappa shape index (κ3) is 2.68. The first kappa shape index (κ1) is 12.0. The lowest BCUT2D eigenvalue weighted by Crippen LogP contribution is -2.48. The van der Waals surface area contributed by atoms with Crippen LogP contribution in [0.5, 0.6) is 0 Å². The van der Waals surface area contributed by atoms with E-state index < -0.39 is 0 Å². The van der Waals surface area contributed by atoms with E-state index in [1.54, 1.807) is 0 Å². The SMILES string of the molecule is CC1CCC(NC2CCN3CCCCC23)CC1. The van der Waals surface area contributed by atoms with E-state index in [4.69, 9.17) is 0 Å². The van der Waals surface area contributed by atoms with Crippen LogP contribution in [0.25, 0.3) is 0 Å². The van der Waals surface area contributed by atoms with Crippen LogP contribution in [-0.4, -0.2) is 36.1 Å². The highest BCUT2D eigenvalue weighted by atomic mass is 15.2. The second-order valence-electron chi connectivity index (χ2n) is 6.62. The fourth-order valence-electron chi connectivity index (χ4n) is 4.17. The Morgan fingerprint density at radius 1 is 0.882 bits per heavy atom. The van der Waals surface area contributed by atoms with Gasteiger partial charge in [-0.3, -0.25) is 4.90 Å². The van der Waals surface area contributed by atoms with Gasteiger partial charge in [-0.15, -0.1) is 0 Å². The molecule has 2 saturated heterocycles. The Bertz CT molecular complexity index is 245. The van der Waals surface area contributed by atoms with Crippen molar-refractivity contribution in [2.24, 2.45) is 5.92 Å². The number of nitrogens with zero attached hydrogens (tertiary/aromatic N) is 1. The van der Waals surface area contributed by atoms with Crippen molar-refractivity contribution in [2.45, 2.75) is 76.4 Å². The Balaban J connectivity index is 1.51. The van der Waals surface area contributed by atoms with Crippen molar-refractivity contribution in [3.63, 3.8) is 0 Å². The monoisotopic (exact) mass is 236 g/mol. The maximum absolute atomic E-state index is 4.00. The Morgan fingerprint density at radius 3 is 2.53 bits per heavy atom. The van der Waals surface area contributed by atoms with Crippen molar-refractivity contribution < 1.29 is 0 Å². The lowest BCUT2D eigenvalue weighted by atomic mass is 9.86. The molecule has 2 aliphatic heterocycles. The molecule has 0 amide bonds. The fourth-order valence-corrected chi connectivity index (χ4v) is 4.17. The van der Waals surface area contributed by atoms with E-state index in [1.807, 2.05) is 0 Å². The second kappa shape index (κ2) is 5.27. The molecule has 0 spiro atoms. The van der Waals surface area contributed by atoms with Crippen LogP contribution in [0.1, 0.15) is 58.3 Å². The van der Waals surface area contributed by atoms with Gasteiger partial charge in [0, 0.05) is 24.7 Å². The van der Waals surface area contributed by atoms with Gasteiger partial charge in [0.2, 0.25) is 0 Å². The number of hydrogen-bond acceptors (Lipinski definition) is 2. The van der Waals surface area contributed by atoms with Gasteiger partial charge in [-0.25, -0.2) is 0 Å². The zero-order valence-corrected chi connectivity index (χ0v) is 11.3. The third-order valence-corrected chi connectivity index (χ3v) is 5.32. The summed E-state index contributed by atoms with van der Waals surface area (Å²) in [7, 11) is 0. The van der Waals surface area contributed by atoms with E-state index in [-0.39, 0.29) is 0 Å². The van der Waals surface area contributed by atoms with E-state index in [2.05, 4.69) is 17.1 Å². The molecule has 3 rings (SSSR count). The molecule has 0 bridgehead atoms. The quantitative estimate of drug-likeness (QED) is 0.793. The number of nitrogens with one attached hydrogen (secondary N) is 1. The average molecular weight is 236 g/mol. The molecule has 1 aliphatic carbocycles. The molecule has 3 aliphatic rings. The zero-order valence-electron chi connectivity index (χ0n) is 11.3. The largest absolute Gasteiger partial charge is 0.310 e. The first-order chi connectivity index (χ1) is 8.33. The Morgan fingerprint density at radius 2 is 1.71 bits per heavy atom. The summed E-state index contributed by atoms with van der Waals surface area (Å²) in [6, 6.07) is 2.52. The molecule has 17 heavy (non-hydrogen) atoms. The Labute approximate surface area is 106 Å². The molecule has 1 N–H and O–H groups in total. The van der Waals surface area contributed by atoms with Gasteiger partial charge in [0.15, 0.2) is 0 Å². The summed E-state index contributed by atoms with van der Waals surface area (Å²) in [5.41, 5.74) is 0. The predicted molar refractivity (Wildman–Crippen MR) is 72.2 cm³/mol. The van der Waals surface area contributed by atoms with Gasteiger partial charge in [0.05, 0.1) is 0 Å². The highest BCUT2D eigenvalue weighted by Crippen LogP contribution is 2.29. The molecule has 1 saturated carbocycles. The average Bonchev–Trinajstić information content (AvgIpc) is 2.76. The maximum Gasteiger partial charge on any atom is 0.0249 e. The van der Waals surface area contributed by atoms with E-state index in [9.17, 15) is 0 Å². The molecule has 2 nitrogen and oxygen atoms in total. The van der Waals surface area contributed by atoms with Gasteiger partial charge in [0.25, 0.3) is 0 Å². The molecular weight excluding hydrogens is 208 g/mol. The maximum atomic E-state index is 4.00. The van der Waals surface area contributed by atoms with Crippen molar-refractivity contribution in [1.29, 1.82) is 0 Å². The molecule has 98 valence electrons.